The van der Waals surface area contributed by atoms with Crippen LogP contribution in [0.2, 0.25) is 0 Å². The molecule has 1 aliphatic rings. The minimum absolute atomic E-state index is 0.117. The van der Waals surface area contributed by atoms with Crippen LogP contribution >= 0.6 is 11.8 Å². The highest BCUT2D eigenvalue weighted by atomic mass is 32.2. The van der Waals surface area contributed by atoms with E-state index in [1.807, 2.05) is 23.7 Å². The van der Waals surface area contributed by atoms with Crippen molar-refractivity contribution in [2.24, 2.45) is 7.05 Å². The van der Waals surface area contributed by atoms with E-state index in [1.165, 1.54) is 0 Å². The number of sulfonamides is 1. The maximum Gasteiger partial charge on any atom is 0.243 e. The summed E-state index contributed by atoms with van der Waals surface area (Å²) in [6.45, 7) is 3.20. The number of aromatic nitrogens is 3. The van der Waals surface area contributed by atoms with Gasteiger partial charge in [-0.1, -0.05) is 13.3 Å². The Kier molecular flexibility index (Phi) is 7.35. The second kappa shape index (κ2) is 10.2. The third kappa shape index (κ3) is 5.39. The SMILES string of the molecule is CCSc1ccc(NC(=O)CCc2nc3cc(S(=O)(=O)N4CCCCC4)ccc3n2C)cn1. The van der Waals surface area contributed by atoms with E-state index in [0.29, 0.717) is 30.7 Å². The summed E-state index contributed by atoms with van der Waals surface area (Å²) in [5.74, 6) is 1.57. The summed E-state index contributed by atoms with van der Waals surface area (Å²) in [6.07, 6.45) is 5.24. The van der Waals surface area contributed by atoms with Crippen LogP contribution in [0, 0.1) is 0 Å². The molecule has 176 valence electrons. The lowest BCUT2D eigenvalue weighted by Gasteiger charge is -2.25. The van der Waals surface area contributed by atoms with Gasteiger partial charge in [0.2, 0.25) is 15.9 Å². The third-order valence-electron chi connectivity index (χ3n) is 5.79. The number of thioether (sulfide) groups is 1. The molecule has 0 saturated carbocycles. The molecule has 10 heteroatoms. The molecule has 0 bridgehead atoms. The fraction of sp³-hybridized carbons (Fsp3) is 0.435. The Morgan fingerprint density at radius 3 is 2.64 bits per heavy atom. The van der Waals surface area contributed by atoms with Gasteiger partial charge in [0.05, 0.1) is 32.8 Å². The minimum atomic E-state index is -3.51. The van der Waals surface area contributed by atoms with Crippen molar-refractivity contribution in [3.05, 3.63) is 42.4 Å². The van der Waals surface area contributed by atoms with Crippen molar-refractivity contribution < 1.29 is 13.2 Å². The van der Waals surface area contributed by atoms with E-state index in [9.17, 15) is 13.2 Å². The molecule has 3 heterocycles. The molecule has 1 amide bonds. The topological polar surface area (TPSA) is 97.2 Å². The molecule has 0 radical (unpaired) electrons. The lowest BCUT2D eigenvalue weighted by Crippen LogP contribution is -2.35. The molecule has 1 N–H and O–H groups in total. The molecule has 0 aliphatic carbocycles. The first kappa shape index (κ1) is 23.7. The number of nitrogens with zero attached hydrogens (tertiary/aromatic N) is 4. The van der Waals surface area contributed by atoms with Crippen molar-refractivity contribution >= 4 is 44.4 Å². The zero-order chi connectivity index (χ0) is 23.4. The van der Waals surface area contributed by atoms with Gasteiger partial charge in [-0.05, 0) is 48.9 Å². The summed E-state index contributed by atoms with van der Waals surface area (Å²) in [7, 11) is -1.63. The van der Waals surface area contributed by atoms with Crippen LogP contribution in [0.4, 0.5) is 5.69 Å². The number of benzene rings is 1. The van der Waals surface area contributed by atoms with E-state index in [4.69, 9.17) is 0 Å². The largest absolute Gasteiger partial charge is 0.331 e. The van der Waals surface area contributed by atoms with E-state index in [2.05, 4.69) is 22.2 Å². The van der Waals surface area contributed by atoms with Gasteiger partial charge in [0, 0.05) is 33.0 Å². The monoisotopic (exact) mass is 487 g/mol. The van der Waals surface area contributed by atoms with Crippen LogP contribution in [0.5, 0.6) is 0 Å². The molecule has 3 aromatic rings. The van der Waals surface area contributed by atoms with Gasteiger partial charge in [-0.25, -0.2) is 18.4 Å². The molecule has 2 aromatic heterocycles. The van der Waals surface area contributed by atoms with Gasteiger partial charge >= 0.3 is 0 Å². The van der Waals surface area contributed by atoms with Gasteiger partial charge < -0.3 is 9.88 Å². The summed E-state index contributed by atoms with van der Waals surface area (Å²) in [5.41, 5.74) is 2.13. The predicted octanol–water partition coefficient (Wildman–Crippen LogP) is 3.83. The average molecular weight is 488 g/mol. The molecule has 0 atom stereocenters. The first-order chi connectivity index (χ1) is 15.9. The van der Waals surface area contributed by atoms with Gasteiger partial charge in [0.15, 0.2) is 0 Å². The fourth-order valence-electron chi connectivity index (χ4n) is 4.00. The number of rotatable bonds is 8. The van der Waals surface area contributed by atoms with Crippen LogP contribution in [0.15, 0.2) is 46.5 Å². The Labute approximate surface area is 198 Å². The Morgan fingerprint density at radius 2 is 1.94 bits per heavy atom. The van der Waals surface area contributed by atoms with Crippen molar-refractivity contribution in [2.45, 2.75) is 48.9 Å². The Hall–Kier alpha value is -2.43. The lowest BCUT2D eigenvalue weighted by atomic mass is 10.2. The highest BCUT2D eigenvalue weighted by Crippen LogP contribution is 2.25. The number of amides is 1. The van der Waals surface area contributed by atoms with Gasteiger partial charge in [0.25, 0.3) is 0 Å². The number of piperidine rings is 1. The number of aryl methyl sites for hydroxylation is 2. The number of nitrogens with one attached hydrogen (secondary N) is 1. The van der Waals surface area contributed by atoms with Crippen molar-refractivity contribution in [1.29, 1.82) is 0 Å². The van der Waals surface area contributed by atoms with Crippen molar-refractivity contribution in [1.82, 2.24) is 18.8 Å². The quantitative estimate of drug-likeness (QED) is 0.485. The van der Waals surface area contributed by atoms with E-state index < -0.39 is 10.0 Å². The van der Waals surface area contributed by atoms with Crippen molar-refractivity contribution in [3.63, 3.8) is 0 Å². The smallest absolute Gasteiger partial charge is 0.243 e. The second-order valence-corrected chi connectivity index (χ2v) is 11.3. The number of carbonyl (C=O) groups is 1. The normalized spacial score (nSPS) is 15.1. The Balaban J connectivity index is 1.44. The second-order valence-electron chi connectivity index (χ2n) is 8.07. The van der Waals surface area contributed by atoms with Gasteiger partial charge in [0.1, 0.15) is 5.82 Å². The molecule has 4 rings (SSSR count). The van der Waals surface area contributed by atoms with Crippen LogP contribution < -0.4 is 5.32 Å². The summed E-state index contributed by atoms with van der Waals surface area (Å²) in [6, 6.07) is 8.83. The van der Waals surface area contributed by atoms with Gasteiger partial charge in [-0.15, -0.1) is 11.8 Å². The molecule has 1 fully saturated rings. The molecular weight excluding hydrogens is 458 g/mol. The number of carbonyl (C=O) groups excluding carboxylic acids is 1. The maximum atomic E-state index is 13.0. The van der Waals surface area contributed by atoms with E-state index >= 15 is 0 Å². The molecule has 33 heavy (non-hydrogen) atoms. The average Bonchev–Trinajstić information content (AvgIpc) is 3.14. The Morgan fingerprint density at radius 1 is 1.15 bits per heavy atom. The zero-order valence-corrected chi connectivity index (χ0v) is 20.6. The number of hydrogen-bond acceptors (Lipinski definition) is 6. The highest BCUT2D eigenvalue weighted by Gasteiger charge is 2.26. The molecule has 1 aliphatic heterocycles. The standard InChI is InChI=1S/C23H29N5O3S2/c1-3-32-23-12-7-17(16-24-23)25-22(29)11-10-21-26-19-15-18(8-9-20(19)27(21)2)33(30,31)28-13-5-4-6-14-28/h7-9,12,15-16H,3-6,10-11,13-14H2,1-2H3,(H,25,29). The fourth-order valence-corrected chi connectivity index (χ4v) is 6.13. The van der Waals surface area contributed by atoms with Gasteiger partial charge in [-0.3, -0.25) is 4.79 Å². The third-order valence-corrected chi connectivity index (χ3v) is 8.51. The van der Waals surface area contributed by atoms with Crippen LogP contribution in [-0.4, -0.2) is 52.0 Å². The minimum Gasteiger partial charge on any atom is -0.331 e. The van der Waals surface area contributed by atoms with Crippen molar-refractivity contribution in [2.75, 3.05) is 24.2 Å². The maximum absolute atomic E-state index is 13.0. The number of imidazole rings is 1. The Bertz CT molecular complexity index is 1230. The highest BCUT2D eigenvalue weighted by molar-refractivity contribution is 7.99. The van der Waals surface area contributed by atoms with Crippen LogP contribution in [0.25, 0.3) is 11.0 Å². The number of hydrogen-bond donors (Lipinski definition) is 1. The summed E-state index contributed by atoms with van der Waals surface area (Å²) < 4.78 is 29.5. The number of fused-ring (bicyclic) bond motifs is 1. The number of anilines is 1. The van der Waals surface area contributed by atoms with Crippen molar-refractivity contribution in [3.8, 4) is 0 Å². The van der Waals surface area contributed by atoms with Crippen LogP contribution in [0.1, 0.15) is 38.4 Å². The zero-order valence-electron chi connectivity index (χ0n) is 19.0. The first-order valence-electron chi connectivity index (χ1n) is 11.2. The molecule has 1 aromatic carbocycles. The number of pyridine rings is 1. The van der Waals surface area contributed by atoms with Gasteiger partial charge in [-0.2, -0.15) is 4.31 Å². The molecule has 0 unspecified atom stereocenters. The van der Waals surface area contributed by atoms with E-state index in [-0.39, 0.29) is 17.2 Å². The molecule has 0 spiro atoms. The summed E-state index contributed by atoms with van der Waals surface area (Å²) >= 11 is 1.65. The molecular formula is C23H29N5O3S2. The summed E-state index contributed by atoms with van der Waals surface area (Å²) in [4.78, 5) is 21.6. The van der Waals surface area contributed by atoms with E-state index in [1.54, 1.807) is 40.5 Å². The molecule has 1 saturated heterocycles. The first-order valence-corrected chi connectivity index (χ1v) is 13.7. The van der Waals surface area contributed by atoms with Crippen LogP contribution in [-0.2, 0) is 28.3 Å². The lowest BCUT2D eigenvalue weighted by molar-refractivity contribution is -0.116. The predicted molar refractivity (Wildman–Crippen MR) is 131 cm³/mol. The molecule has 8 nitrogen and oxygen atoms in total. The summed E-state index contributed by atoms with van der Waals surface area (Å²) in [5, 5.41) is 3.80. The van der Waals surface area contributed by atoms with Crippen LogP contribution in [0.3, 0.4) is 0 Å². The van der Waals surface area contributed by atoms with E-state index in [0.717, 1.165) is 41.4 Å².